The van der Waals surface area contributed by atoms with E-state index in [9.17, 15) is 9.59 Å². The summed E-state index contributed by atoms with van der Waals surface area (Å²) in [7, 11) is 0. The largest absolute Gasteiger partial charge is 1.00 e. The first-order valence-corrected chi connectivity index (χ1v) is 3.30. The molecule has 0 spiro atoms. The Hall–Kier alpha value is 0.410. The van der Waals surface area contributed by atoms with Gasteiger partial charge in [-0.1, -0.05) is 0 Å². The molecular formula is C4H9NaO5S. The molecule has 0 aromatic rings. The van der Waals surface area contributed by atoms with Crippen molar-refractivity contribution in [1.82, 2.24) is 0 Å². The van der Waals surface area contributed by atoms with E-state index < -0.39 is 11.4 Å². The van der Waals surface area contributed by atoms with Crippen molar-refractivity contribution in [2.75, 3.05) is 0 Å². The average Bonchev–Trinajstić information content (AvgIpc) is 1.62. The van der Waals surface area contributed by atoms with Gasteiger partial charge in [-0.05, 0) is 6.92 Å². The third kappa shape index (κ3) is 63.3. The average molecular weight is 192 g/mol. The van der Waals surface area contributed by atoms with E-state index in [1.165, 1.54) is 6.92 Å². The van der Waals surface area contributed by atoms with Gasteiger partial charge in [0.1, 0.15) is 12.1 Å². The Morgan fingerprint density at radius 1 is 1.64 bits per heavy atom. The topological polar surface area (TPSA) is 91.7 Å². The van der Waals surface area contributed by atoms with Gasteiger partial charge in [-0.2, -0.15) is 4.21 Å². The summed E-state index contributed by atoms with van der Waals surface area (Å²) in [5.74, 6) is -0.0787. The van der Waals surface area contributed by atoms with Crippen molar-refractivity contribution < 1.29 is 53.9 Å². The molecule has 11 heavy (non-hydrogen) atoms. The molecule has 0 saturated carbocycles. The molecule has 0 aliphatic rings. The van der Waals surface area contributed by atoms with Gasteiger partial charge in [-0.15, -0.1) is 0 Å². The molecule has 0 aromatic heterocycles. The molecule has 62 valence electrons. The van der Waals surface area contributed by atoms with Crippen LogP contribution in [-0.4, -0.2) is 25.4 Å². The van der Waals surface area contributed by atoms with E-state index in [0.29, 0.717) is 6.29 Å². The fourth-order valence-electron chi connectivity index (χ4n) is 0.117. The van der Waals surface area contributed by atoms with Gasteiger partial charge in [-0.25, -0.2) is 0 Å². The van der Waals surface area contributed by atoms with Crippen LogP contribution in [0.5, 0.6) is 0 Å². The summed E-state index contributed by atoms with van der Waals surface area (Å²) < 4.78 is 22.8. The maximum Gasteiger partial charge on any atom is 1.00 e. The molecule has 0 bridgehead atoms. The Morgan fingerprint density at radius 2 is 1.91 bits per heavy atom. The Labute approximate surface area is 90.4 Å². The van der Waals surface area contributed by atoms with Gasteiger partial charge in [0.25, 0.3) is 11.4 Å². The second-order valence-electron chi connectivity index (χ2n) is 1.30. The van der Waals surface area contributed by atoms with Crippen molar-refractivity contribution in [3.05, 3.63) is 0 Å². The van der Waals surface area contributed by atoms with Crippen LogP contribution in [0.15, 0.2) is 0 Å². The Balaban J connectivity index is -0.0000000483. The molecule has 0 heterocycles. The quantitative estimate of drug-likeness (QED) is 0.210. The van der Waals surface area contributed by atoms with Gasteiger partial charge in [0.2, 0.25) is 0 Å². The summed E-state index contributed by atoms with van der Waals surface area (Å²) in [5, 5.41) is 0. The van der Waals surface area contributed by atoms with Gasteiger partial charge < -0.3 is 6.22 Å². The number of aldehydes is 1. The summed E-state index contributed by atoms with van der Waals surface area (Å²) in [6.45, 7) is 1.38. The van der Waals surface area contributed by atoms with E-state index in [0.717, 1.165) is 0 Å². The van der Waals surface area contributed by atoms with E-state index in [-0.39, 0.29) is 43.2 Å². The van der Waals surface area contributed by atoms with Crippen molar-refractivity contribution >= 4 is 23.4 Å². The first kappa shape index (κ1) is 17.5. The monoisotopic (exact) mass is 192 g/mol. The molecule has 0 aromatic carbocycles. The zero-order chi connectivity index (χ0) is 8.57. The molecule has 0 atom stereocenters. The molecule has 0 amide bonds. The number of hydrogen-bond donors (Lipinski definition) is 2. The Bertz CT molecular complexity index is 137. The summed E-state index contributed by atoms with van der Waals surface area (Å²) in [5.41, 5.74) is 0. The summed E-state index contributed by atoms with van der Waals surface area (Å²) in [6, 6.07) is 0. The maximum absolute atomic E-state index is 9.81. The van der Waals surface area contributed by atoms with E-state index in [4.69, 9.17) is 13.3 Å². The predicted octanol–water partition coefficient (Wildman–Crippen LogP) is -3.04. The fourth-order valence-corrected chi connectivity index (χ4v) is 0.117. The number of carbonyl (C=O) groups is 2. The molecule has 0 radical (unpaired) electrons. The first-order valence-electron chi connectivity index (χ1n) is 2.23. The minimum Gasteiger partial charge on any atom is -1.00 e. The Morgan fingerprint density at radius 3 is 1.91 bits per heavy atom. The standard InChI is InChI=1S/C4H6O2.Na.H2O3S.H/c1-4(6)2-3-5;;1-4(2)3;/h3H,2H2,1H3;;(H2,1,2,3);/q;+1;;-1. The zero-order valence-electron chi connectivity index (χ0n) is 7.31. The van der Waals surface area contributed by atoms with Crippen molar-refractivity contribution in [1.29, 1.82) is 0 Å². The minimum absolute atomic E-state index is 0. The first-order chi connectivity index (χ1) is 4.50. The van der Waals surface area contributed by atoms with Crippen LogP contribution in [0, 0.1) is 0 Å². The molecule has 0 fully saturated rings. The maximum atomic E-state index is 9.81. The van der Waals surface area contributed by atoms with Crippen LogP contribution < -0.4 is 29.6 Å². The number of ketones is 1. The smallest absolute Gasteiger partial charge is 1.00 e. The number of Topliss-reactive ketones (excluding diaryl/α,β-unsaturated/α-hetero) is 1. The van der Waals surface area contributed by atoms with Crippen LogP contribution in [0.3, 0.4) is 0 Å². The molecule has 0 unspecified atom stereocenters. The molecule has 2 N–H and O–H groups in total. The number of hydrogen-bond acceptors (Lipinski definition) is 3. The Kier molecular flexibility index (Phi) is 20.7. The van der Waals surface area contributed by atoms with E-state index in [1.807, 2.05) is 0 Å². The second kappa shape index (κ2) is 13.0. The minimum atomic E-state index is -2.61. The van der Waals surface area contributed by atoms with Crippen molar-refractivity contribution in [2.24, 2.45) is 0 Å². The normalized spacial score (nSPS) is 7.27. The van der Waals surface area contributed by atoms with Crippen LogP contribution in [0.2, 0.25) is 0 Å². The van der Waals surface area contributed by atoms with Gasteiger partial charge in [0.15, 0.2) is 0 Å². The number of carbonyl (C=O) groups excluding carboxylic acids is 2. The van der Waals surface area contributed by atoms with Crippen molar-refractivity contribution in [2.45, 2.75) is 13.3 Å². The van der Waals surface area contributed by atoms with Crippen LogP contribution in [0.4, 0.5) is 0 Å². The van der Waals surface area contributed by atoms with Gasteiger partial charge in [-0.3, -0.25) is 13.9 Å². The van der Waals surface area contributed by atoms with Crippen LogP contribution in [-0.2, 0) is 21.0 Å². The van der Waals surface area contributed by atoms with Crippen LogP contribution in [0.1, 0.15) is 14.8 Å². The van der Waals surface area contributed by atoms with E-state index in [2.05, 4.69) is 0 Å². The molecule has 0 rings (SSSR count). The third-order valence-electron chi connectivity index (χ3n) is 0.371. The molecule has 0 aliphatic carbocycles. The van der Waals surface area contributed by atoms with Gasteiger partial charge >= 0.3 is 29.6 Å². The van der Waals surface area contributed by atoms with Crippen molar-refractivity contribution in [3.63, 3.8) is 0 Å². The molecular weight excluding hydrogens is 183 g/mol. The predicted molar refractivity (Wildman–Crippen MR) is 35.9 cm³/mol. The van der Waals surface area contributed by atoms with Crippen molar-refractivity contribution in [3.8, 4) is 0 Å². The summed E-state index contributed by atoms with van der Waals surface area (Å²) in [4.78, 5) is 19.2. The molecule has 0 aliphatic heterocycles. The molecule has 7 heteroatoms. The van der Waals surface area contributed by atoms with Crippen LogP contribution in [0.25, 0.3) is 0 Å². The summed E-state index contributed by atoms with van der Waals surface area (Å²) in [6.07, 6.45) is 0.655. The molecule has 0 saturated heterocycles. The van der Waals surface area contributed by atoms with Gasteiger partial charge in [0.05, 0.1) is 6.42 Å². The van der Waals surface area contributed by atoms with E-state index in [1.54, 1.807) is 0 Å². The SMILES string of the molecule is CC(=O)CC=O.O=S(O)O.[H-].[Na+]. The molecule has 5 nitrogen and oxygen atoms in total. The zero-order valence-corrected chi connectivity index (χ0v) is 9.13. The van der Waals surface area contributed by atoms with E-state index >= 15 is 0 Å². The third-order valence-corrected chi connectivity index (χ3v) is 0.371. The summed E-state index contributed by atoms with van der Waals surface area (Å²) >= 11 is -2.61. The number of rotatable bonds is 2. The van der Waals surface area contributed by atoms with Gasteiger partial charge in [0, 0.05) is 0 Å². The van der Waals surface area contributed by atoms with Crippen LogP contribution >= 0.6 is 0 Å². The fraction of sp³-hybridized carbons (Fsp3) is 0.500. The second-order valence-corrected chi connectivity index (χ2v) is 1.76.